The number of thiol groups is 1. The van der Waals surface area contributed by atoms with Gasteiger partial charge in [-0.3, -0.25) is 14.4 Å². The van der Waals surface area contributed by atoms with Crippen molar-refractivity contribution in [3.8, 4) is 0 Å². The normalized spacial score (nSPS) is 14.2. The summed E-state index contributed by atoms with van der Waals surface area (Å²) in [5.74, 6) is -3.21. The van der Waals surface area contributed by atoms with E-state index in [1.54, 1.807) is 38.1 Å². The molecular weight excluding hydrogens is 480 g/mol. The molecule has 10 heteroatoms. The molecule has 0 aliphatic carbocycles. The molecule has 194 valence electrons. The Kier molecular flexibility index (Phi) is 11.4. The molecular formula is C26H34N4O5S. The van der Waals surface area contributed by atoms with Gasteiger partial charge in [0.1, 0.15) is 18.1 Å². The van der Waals surface area contributed by atoms with Gasteiger partial charge in [-0.15, -0.1) is 0 Å². The van der Waals surface area contributed by atoms with Gasteiger partial charge in [0.25, 0.3) is 0 Å². The number of amides is 3. The van der Waals surface area contributed by atoms with E-state index in [1.165, 1.54) is 0 Å². The molecule has 9 nitrogen and oxygen atoms in total. The maximum atomic E-state index is 13.4. The molecule has 0 bridgehead atoms. The van der Waals surface area contributed by atoms with E-state index < -0.39 is 47.9 Å². The van der Waals surface area contributed by atoms with Crippen LogP contribution in [0.1, 0.15) is 25.0 Å². The van der Waals surface area contributed by atoms with Gasteiger partial charge < -0.3 is 26.8 Å². The number of hydrogen-bond donors (Lipinski definition) is 6. The quantitative estimate of drug-likeness (QED) is 0.219. The highest BCUT2D eigenvalue weighted by Gasteiger charge is 2.31. The summed E-state index contributed by atoms with van der Waals surface area (Å²) < 4.78 is 0. The zero-order valence-electron chi connectivity index (χ0n) is 20.4. The van der Waals surface area contributed by atoms with E-state index in [4.69, 9.17) is 5.73 Å². The maximum absolute atomic E-state index is 13.4. The predicted octanol–water partition coefficient (Wildman–Crippen LogP) is 0.924. The van der Waals surface area contributed by atoms with Crippen LogP contribution in [0.15, 0.2) is 60.7 Å². The number of nitrogens with one attached hydrogen (secondary N) is 3. The number of carboxylic acid groups (broad SMARTS) is 1. The van der Waals surface area contributed by atoms with E-state index in [0.717, 1.165) is 11.1 Å². The SMILES string of the molecule is CC(C)C(NC(=O)C(Cc1ccccc1)NC(=O)C(Cc1ccccc1)NC(=O)C(N)CS)C(=O)O. The van der Waals surface area contributed by atoms with Crippen molar-refractivity contribution in [3.05, 3.63) is 71.8 Å². The maximum Gasteiger partial charge on any atom is 0.326 e. The van der Waals surface area contributed by atoms with Gasteiger partial charge in [0.2, 0.25) is 17.7 Å². The number of hydrogen-bond acceptors (Lipinski definition) is 6. The van der Waals surface area contributed by atoms with Crippen LogP contribution in [0.25, 0.3) is 0 Å². The first-order valence-corrected chi connectivity index (χ1v) is 12.3. The van der Waals surface area contributed by atoms with Crippen molar-refractivity contribution >= 4 is 36.3 Å². The van der Waals surface area contributed by atoms with Crippen LogP contribution < -0.4 is 21.7 Å². The van der Waals surface area contributed by atoms with Gasteiger partial charge >= 0.3 is 5.97 Å². The Bertz CT molecular complexity index is 1020. The summed E-state index contributed by atoms with van der Waals surface area (Å²) in [6.07, 6.45) is 0.298. The highest BCUT2D eigenvalue weighted by atomic mass is 32.1. The Balaban J connectivity index is 2.29. The van der Waals surface area contributed by atoms with Gasteiger partial charge in [-0.1, -0.05) is 74.5 Å². The third-order valence-electron chi connectivity index (χ3n) is 5.60. The molecule has 4 atom stereocenters. The number of nitrogens with two attached hydrogens (primary N) is 1. The molecule has 6 N–H and O–H groups in total. The number of rotatable bonds is 13. The zero-order valence-corrected chi connectivity index (χ0v) is 21.3. The minimum absolute atomic E-state index is 0.0936. The number of aliphatic carboxylic acids is 1. The van der Waals surface area contributed by atoms with Gasteiger partial charge in [-0.25, -0.2) is 4.79 Å². The van der Waals surface area contributed by atoms with Crippen LogP contribution in [0.5, 0.6) is 0 Å². The molecule has 0 aliphatic rings. The number of carbonyl (C=O) groups is 4. The third kappa shape index (κ3) is 9.01. The summed E-state index contributed by atoms with van der Waals surface area (Å²) in [6.45, 7) is 3.36. The Morgan fingerprint density at radius 1 is 0.778 bits per heavy atom. The first-order valence-electron chi connectivity index (χ1n) is 11.7. The summed E-state index contributed by atoms with van der Waals surface area (Å²) in [5, 5.41) is 17.4. The smallest absolute Gasteiger partial charge is 0.326 e. The molecule has 0 aromatic heterocycles. The minimum Gasteiger partial charge on any atom is -0.480 e. The van der Waals surface area contributed by atoms with Gasteiger partial charge in [0.15, 0.2) is 0 Å². The zero-order chi connectivity index (χ0) is 26.7. The molecule has 0 heterocycles. The molecule has 4 unspecified atom stereocenters. The van der Waals surface area contributed by atoms with Crippen molar-refractivity contribution in [1.29, 1.82) is 0 Å². The largest absolute Gasteiger partial charge is 0.480 e. The van der Waals surface area contributed by atoms with Gasteiger partial charge in [0, 0.05) is 18.6 Å². The summed E-state index contributed by atoms with van der Waals surface area (Å²) in [6, 6.07) is 14.0. The Morgan fingerprint density at radius 3 is 1.58 bits per heavy atom. The van der Waals surface area contributed by atoms with E-state index in [-0.39, 0.29) is 24.5 Å². The second-order valence-corrected chi connectivity index (χ2v) is 9.22. The van der Waals surface area contributed by atoms with Crippen LogP contribution in [-0.2, 0) is 32.0 Å². The third-order valence-corrected chi connectivity index (χ3v) is 5.99. The summed E-state index contributed by atoms with van der Waals surface area (Å²) >= 11 is 4.04. The molecule has 36 heavy (non-hydrogen) atoms. The van der Waals surface area contributed by atoms with Crippen molar-refractivity contribution in [2.75, 3.05) is 5.75 Å². The van der Waals surface area contributed by atoms with E-state index in [1.807, 2.05) is 36.4 Å². The fraction of sp³-hybridized carbons (Fsp3) is 0.385. The summed E-state index contributed by atoms with van der Waals surface area (Å²) in [4.78, 5) is 50.6. The van der Waals surface area contributed by atoms with E-state index >= 15 is 0 Å². The molecule has 2 rings (SSSR count). The van der Waals surface area contributed by atoms with Crippen molar-refractivity contribution in [1.82, 2.24) is 16.0 Å². The van der Waals surface area contributed by atoms with E-state index in [9.17, 15) is 24.3 Å². The molecule has 0 saturated carbocycles. The van der Waals surface area contributed by atoms with Gasteiger partial charge in [-0.2, -0.15) is 12.6 Å². The van der Waals surface area contributed by atoms with Crippen LogP contribution in [0.2, 0.25) is 0 Å². The van der Waals surface area contributed by atoms with Crippen LogP contribution >= 0.6 is 12.6 Å². The Hall–Kier alpha value is -3.37. The fourth-order valence-corrected chi connectivity index (χ4v) is 3.69. The number of carbonyl (C=O) groups excluding carboxylic acids is 3. The Labute approximate surface area is 216 Å². The molecule has 0 saturated heterocycles. The minimum atomic E-state index is -1.17. The molecule has 3 amide bonds. The topological polar surface area (TPSA) is 151 Å². The molecule has 2 aromatic carbocycles. The lowest BCUT2D eigenvalue weighted by atomic mass is 10.0. The summed E-state index contributed by atoms with van der Waals surface area (Å²) in [7, 11) is 0. The molecule has 0 radical (unpaired) electrons. The molecule has 0 aliphatic heterocycles. The second-order valence-electron chi connectivity index (χ2n) is 8.86. The van der Waals surface area contributed by atoms with Crippen LogP contribution in [0.3, 0.4) is 0 Å². The van der Waals surface area contributed by atoms with Crippen molar-refractivity contribution in [2.45, 2.75) is 50.9 Å². The average molecular weight is 515 g/mol. The van der Waals surface area contributed by atoms with Gasteiger partial charge in [-0.05, 0) is 17.0 Å². The van der Waals surface area contributed by atoms with Crippen molar-refractivity contribution in [2.24, 2.45) is 11.7 Å². The van der Waals surface area contributed by atoms with Crippen LogP contribution in [0, 0.1) is 5.92 Å². The first-order chi connectivity index (χ1) is 17.1. The van der Waals surface area contributed by atoms with Crippen molar-refractivity contribution < 1.29 is 24.3 Å². The molecule has 0 spiro atoms. The number of benzene rings is 2. The van der Waals surface area contributed by atoms with Crippen LogP contribution in [0.4, 0.5) is 0 Å². The lowest BCUT2D eigenvalue weighted by Crippen LogP contribution is -2.58. The van der Waals surface area contributed by atoms with Gasteiger partial charge in [0.05, 0.1) is 6.04 Å². The van der Waals surface area contributed by atoms with E-state index in [0.29, 0.717) is 0 Å². The highest BCUT2D eigenvalue weighted by molar-refractivity contribution is 7.80. The monoisotopic (exact) mass is 514 g/mol. The van der Waals surface area contributed by atoms with E-state index in [2.05, 4.69) is 28.6 Å². The highest BCUT2D eigenvalue weighted by Crippen LogP contribution is 2.09. The first kappa shape index (κ1) is 28.9. The molecule has 2 aromatic rings. The predicted molar refractivity (Wildman–Crippen MR) is 140 cm³/mol. The fourth-order valence-electron chi connectivity index (χ4n) is 3.52. The Morgan fingerprint density at radius 2 is 1.19 bits per heavy atom. The standard InChI is InChI=1S/C26H34N4O5S/c1-16(2)22(26(34)35)30-25(33)21(14-18-11-7-4-8-12-18)29-24(32)20(28-23(31)19(27)15-36)13-17-9-5-3-6-10-17/h3-12,16,19-22,36H,13-15,27H2,1-2H3,(H,28,31)(H,29,32)(H,30,33)(H,34,35). The molecule has 0 fully saturated rings. The lowest BCUT2D eigenvalue weighted by molar-refractivity contribution is -0.143. The summed E-state index contributed by atoms with van der Waals surface area (Å²) in [5.41, 5.74) is 7.35. The van der Waals surface area contributed by atoms with Crippen LogP contribution in [-0.4, -0.2) is 58.7 Å². The number of carboxylic acids is 1. The average Bonchev–Trinajstić information content (AvgIpc) is 2.86. The van der Waals surface area contributed by atoms with Crippen molar-refractivity contribution in [3.63, 3.8) is 0 Å². The lowest BCUT2D eigenvalue weighted by Gasteiger charge is -2.26. The second kappa shape index (κ2) is 14.3.